The van der Waals surface area contributed by atoms with E-state index in [-0.39, 0.29) is 5.91 Å². The van der Waals surface area contributed by atoms with Gasteiger partial charge in [0.15, 0.2) is 0 Å². The maximum absolute atomic E-state index is 12.5. The van der Waals surface area contributed by atoms with Crippen LogP contribution in [0.5, 0.6) is 0 Å². The Hall–Kier alpha value is -2.90. The van der Waals surface area contributed by atoms with Crippen molar-refractivity contribution in [3.63, 3.8) is 0 Å². The number of aryl methyl sites for hydroxylation is 2. The second kappa shape index (κ2) is 8.85. The van der Waals surface area contributed by atoms with Crippen LogP contribution in [0, 0.1) is 13.8 Å². The van der Waals surface area contributed by atoms with Crippen LogP contribution in [0.1, 0.15) is 11.1 Å². The Labute approximate surface area is 180 Å². The second-order valence-electron chi connectivity index (χ2n) is 7.49. The first-order valence-electron chi connectivity index (χ1n) is 9.92. The number of halogens is 1. The van der Waals surface area contributed by atoms with Gasteiger partial charge in [0, 0.05) is 42.5 Å². The molecule has 0 aliphatic carbocycles. The van der Waals surface area contributed by atoms with Gasteiger partial charge in [-0.1, -0.05) is 47.1 Å². The monoisotopic (exact) mass is 425 g/mol. The molecule has 1 amide bonds. The van der Waals surface area contributed by atoms with Crippen molar-refractivity contribution in [1.82, 2.24) is 15.0 Å². The van der Waals surface area contributed by atoms with Gasteiger partial charge < -0.3 is 14.7 Å². The minimum Gasteiger partial charge on any atom is -0.324 e. The Balaban J connectivity index is 1.31. The normalized spacial score (nSPS) is 14.7. The van der Waals surface area contributed by atoms with Crippen LogP contribution < -0.4 is 10.2 Å². The summed E-state index contributed by atoms with van der Waals surface area (Å²) in [5.74, 6) is 0.518. The molecule has 1 N–H and O–H groups in total. The van der Waals surface area contributed by atoms with Crippen molar-refractivity contribution in [2.75, 3.05) is 42.9 Å². The van der Waals surface area contributed by atoms with Crippen LogP contribution in [0.4, 0.5) is 11.7 Å². The van der Waals surface area contributed by atoms with E-state index in [1.165, 1.54) is 0 Å². The fourth-order valence-corrected chi connectivity index (χ4v) is 3.77. The summed E-state index contributed by atoms with van der Waals surface area (Å²) in [4.78, 5) is 21.2. The lowest BCUT2D eigenvalue weighted by Gasteiger charge is -2.33. The van der Waals surface area contributed by atoms with Gasteiger partial charge in [0.25, 0.3) is 0 Å². The molecule has 1 aromatic heterocycles. The van der Waals surface area contributed by atoms with Crippen molar-refractivity contribution in [2.24, 2.45) is 0 Å². The highest BCUT2D eigenvalue weighted by atomic mass is 35.5. The smallest absolute Gasteiger partial charge is 0.324 e. The van der Waals surface area contributed by atoms with E-state index in [0.29, 0.717) is 36.5 Å². The van der Waals surface area contributed by atoms with E-state index in [0.717, 1.165) is 35.5 Å². The third kappa shape index (κ3) is 4.63. The van der Waals surface area contributed by atoms with Crippen LogP contribution >= 0.6 is 11.6 Å². The summed E-state index contributed by atoms with van der Waals surface area (Å²) in [5.41, 5.74) is 3.86. The number of para-hydroxylation sites is 1. The number of hydrogen-bond acceptors (Lipinski definition) is 6. The fraction of sp³-hybridized carbons (Fsp3) is 0.318. The molecule has 0 unspecified atom stereocenters. The number of carbonyl (C=O) groups excluding carboxylic acids is 1. The van der Waals surface area contributed by atoms with E-state index < -0.39 is 0 Å². The summed E-state index contributed by atoms with van der Waals surface area (Å²) in [5, 5.41) is 7.75. The van der Waals surface area contributed by atoms with Gasteiger partial charge >= 0.3 is 6.01 Å². The highest BCUT2D eigenvalue weighted by Gasteiger charge is 2.23. The number of benzene rings is 2. The van der Waals surface area contributed by atoms with Gasteiger partial charge in [-0.3, -0.25) is 9.69 Å². The Morgan fingerprint density at radius 2 is 1.80 bits per heavy atom. The molecule has 7 nitrogen and oxygen atoms in total. The molecule has 1 saturated heterocycles. The number of nitrogens with one attached hydrogen (secondary N) is 1. The third-order valence-electron chi connectivity index (χ3n) is 5.25. The molecule has 0 radical (unpaired) electrons. The molecular weight excluding hydrogens is 402 g/mol. The van der Waals surface area contributed by atoms with Crippen molar-refractivity contribution < 1.29 is 9.32 Å². The number of carbonyl (C=O) groups is 1. The van der Waals surface area contributed by atoms with Crippen molar-refractivity contribution in [3.8, 4) is 11.4 Å². The minimum absolute atomic E-state index is 0.00174. The molecule has 3 aromatic rings. The predicted octanol–water partition coefficient (Wildman–Crippen LogP) is 3.77. The highest BCUT2D eigenvalue weighted by molar-refractivity contribution is 6.30. The molecule has 1 aliphatic rings. The van der Waals surface area contributed by atoms with Gasteiger partial charge in [0.05, 0.1) is 6.54 Å². The van der Waals surface area contributed by atoms with E-state index in [2.05, 4.69) is 20.4 Å². The van der Waals surface area contributed by atoms with Gasteiger partial charge in [-0.25, -0.2) is 0 Å². The first-order valence-corrected chi connectivity index (χ1v) is 10.3. The maximum atomic E-state index is 12.5. The Morgan fingerprint density at radius 1 is 1.10 bits per heavy atom. The third-order valence-corrected chi connectivity index (χ3v) is 5.49. The van der Waals surface area contributed by atoms with E-state index in [1.54, 1.807) is 0 Å². The number of rotatable bonds is 5. The molecule has 0 bridgehead atoms. The average Bonchev–Trinajstić information content (AvgIpc) is 3.22. The molecule has 4 rings (SSSR count). The molecule has 2 heterocycles. The van der Waals surface area contributed by atoms with E-state index in [4.69, 9.17) is 16.1 Å². The first-order chi connectivity index (χ1) is 14.5. The molecule has 8 heteroatoms. The number of amides is 1. The zero-order valence-electron chi connectivity index (χ0n) is 17.1. The first kappa shape index (κ1) is 20.4. The van der Waals surface area contributed by atoms with Crippen LogP contribution in [0.25, 0.3) is 11.4 Å². The van der Waals surface area contributed by atoms with Gasteiger partial charge in [0.1, 0.15) is 0 Å². The Morgan fingerprint density at radius 3 is 2.50 bits per heavy atom. The van der Waals surface area contributed by atoms with Crippen molar-refractivity contribution >= 4 is 29.2 Å². The predicted molar refractivity (Wildman–Crippen MR) is 118 cm³/mol. The molecule has 2 aromatic carbocycles. The molecule has 0 atom stereocenters. The molecule has 1 aliphatic heterocycles. The second-order valence-corrected chi connectivity index (χ2v) is 7.93. The highest BCUT2D eigenvalue weighted by Crippen LogP contribution is 2.23. The van der Waals surface area contributed by atoms with Crippen LogP contribution in [0.3, 0.4) is 0 Å². The average molecular weight is 426 g/mol. The summed E-state index contributed by atoms with van der Waals surface area (Å²) in [6.45, 7) is 7.29. The molecule has 1 fully saturated rings. The minimum atomic E-state index is 0.00174. The molecular formula is C22H24ClN5O2. The molecule has 30 heavy (non-hydrogen) atoms. The number of hydrogen-bond donors (Lipinski definition) is 1. The van der Waals surface area contributed by atoms with E-state index in [1.807, 2.05) is 61.2 Å². The lowest BCUT2D eigenvalue weighted by molar-refractivity contribution is -0.117. The van der Waals surface area contributed by atoms with Crippen LogP contribution in [-0.2, 0) is 4.79 Å². The number of anilines is 2. The van der Waals surface area contributed by atoms with Crippen molar-refractivity contribution in [3.05, 3.63) is 58.6 Å². The van der Waals surface area contributed by atoms with Gasteiger partial charge in [0.2, 0.25) is 11.7 Å². The standard InChI is InChI=1S/C22H24ClN5O2/c1-15-5-3-6-16(2)20(15)24-19(29)14-27-9-11-28(12-10-27)22-25-21(26-30-22)17-7-4-8-18(23)13-17/h3-8,13H,9-12,14H2,1-2H3,(H,24,29). The summed E-state index contributed by atoms with van der Waals surface area (Å²) < 4.78 is 5.44. The summed E-state index contributed by atoms with van der Waals surface area (Å²) in [6, 6.07) is 13.9. The number of aromatic nitrogens is 2. The summed E-state index contributed by atoms with van der Waals surface area (Å²) >= 11 is 6.04. The quantitative estimate of drug-likeness (QED) is 0.670. The molecule has 0 saturated carbocycles. The number of piperazine rings is 1. The lowest BCUT2D eigenvalue weighted by atomic mass is 10.1. The molecule has 0 spiro atoms. The van der Waals surface area contributed by atoms with Gasteiger partial charge in [-0.2, -0.15) is 4.98 Å². The maximum Gasteiger partial charge on any atom is 0.324 e. The van der Waals surface area contributed by atoms with Gasteiger partial charge in [-0.05, 0) is 37.1 Å². The Kier molecular flexibility index (Phi) is 6.01. The molecule has 156 valence electrons. The topological polar surface area (TPSA) is 74.5 Å². The largest absolute Gasteiger partial charge is 0.324 e. The lowest BCUT2D eigenvalue weighted by Crippen LogP contribution is -2.48. The Bertz CT molecular complexity index is 1020. The van der Waals surface area contributed by atoms with E-state index >= 15 is 0 Å². The zero-order valence-corrected chi connectivity index (χ0v) is 17.8. The zero-order chi connectivity index (χ0) is 21.1. The summed E-state index contributed by atoms with van der Waals surface area (Å²) in [7, 11) is 0. The number of nitrogens with zero attached hydrogens (tertiary/aromatic N) is 4. The van der Waals surface area contributed by atoms with Crippen LogP contribution in [0.15, 0.2) is 47.0 Å². The van der Waals surface area contributed by atoms with Crippen LogP contribution in [-0.4, -0.2) is 53.7 Å². The van der Waals surface area contributed by atoms with Crippen molar-refractivity contribution in [2.45, 2.75) is 13.8 Å². The van der Waals surface area contributed by atoms with Crippen molar-refractivity contribution in [1.29, 1.82) is 0 Å². The van der Waals surface area contributed by atoms with Gasteiger partial charge in [-0.15, -0.1) is 0 Å². The van der Waals surface area contributed by atoms with E-state index in [9.17, 15) is 4.79 Å². The fourth-order valence-electron chi connectivity index (χ4n) is 3.58. The summed E-state index contributed by atoms with van der Waals surface area (Å²) in [6.07, 6.45) is 0. The SMILES string of the molecule is Cc1cccc(C)c1NC(=O)CN1CCN(c2nc(-c3cccc(Cl)c3)no2)CC1. The van der Waals surface area contributed by atoms with Crippen LogP contribution in [0.2, 0.25) is 5.02 Å².